The maximum absolute atomic E-state index is 4.07. The van der Waals surface area contributed by atoms with Crippen LogP contribution in [0, 0.1) is 0 Å². The summed E-state index contributed by atoms with van der Waals surface area (Å²) in [5.41, 5.74) is 1.93. The van der Waals surface area contributed by atoms with E-state index in [1.54, 1.807) is 12.4 Å². The van der Waals surface area contributed by atoms with E-state index in [0.717, 1.165) is 29.0 Å². The van der Waals surface area contributed by atoms with E-state index in [9.17, 15) is 0 Å². The Labute approximate surface area is 150 Å². The molecular formula is C14H8Br4N2. The summed E-state index contributed by atoms with van der Waals surface area (Å²) in [5.74, 6) is 0. The first kappa shape index (κ1) is 16.1. The molecule has 0 saturated heterocycles. The molecule has 0 amide bonds. The molecule has 102 valence electrons. The Bertz CT molecular complexity index is 621. The van der Waals surface area contributed by atoms with Gasteiger partial charge < -0.3 is 0 Å². The van der Waals surface area contributed by atoms with Gasteiger partial charge in [-0.05, 0) is 36.4 Å². The van der Waals surface area contributed by atoms with Crippen LogP contribution in [0.4, 0.5) is 0 Å². The van der Waals surface area contributed by atoms with Gasteiger partial charge in [-0.3, -0.25) is 0 Å². The highest BCUT2D eigenvalue weighted by Gasteiger charge is 1.98. The molecule has 2 aromatic rings. The van der Waals surface area contributed by atoms with Crippen molar-refractivity contribution in [2.45, 2.75) is 0 Å². The molecule has 0 saturated carbocycles. The predicted molar refractivity (Wildman–Crippen MR) is 98.9 cm³/mol. The van der Waals surface area contributed by atoms with Gasteiger partial charge >= 0.3 is 0 Å². The normalized spacial score (nSPS) is 11.6. The fourth-order valence-electron chi connectivity index (χ4n) is 1.42. The van der Waals surface area contributed by atoms with Crippen molar-refractivity contribution in [3.05, 3.63) is 65.4 Å². The second-order valence-electron chi connectivity index (χ2n) is 3.82. The van der Waals surface area contributed by atoms with Crippen LogP contribution in [0.25, 0.3) is 0 Å². The summed E-state index contributed by atoms with van der Waals surface area (Å²) in [6.45, 7) is 0. The Morgan fingerprint density at radius 2 is 1.05 bits per heavy atom. The van der Waals surface area contributed by atoms with Gasteiger partial charge in [0.2, 0.25) is 0 Å². The minimum Gasteiger partial charge on any atom is -0.158 e. The van der Waals surface area contributed by atoms with Gasteiger partial charge in [0.05, 0.1) is 12.4 Å². The van der Waals surface area contributed by atoms with Crippen molar-refractivity contribution < 1.29 is 0 Å². The summed E-state index contributed by atoms with van der Waals surface area (Å²) >= 11 is 13.8. The molecule has 0 aliphatic heterocycles. The zero-order chi connectivity index (χ0) is 14.5. The average molecular weight is 524 g/mol. The molecule has 0 bridgehead atoms. The van der Waals surface area contributed by atoms with E-state index < -0.39 is 0 Å². The minimum atomic E-state index is 0.963. The van der Waals surface area contributed by atoms with Gasteiger partial charge in [0.15, 0.2) is 0 Å². The summed E-state index contributed by atoms with van der Waals surface area (Å²) < 4.78 is 3.95. The Morgan fingerprint density at radius 3 is 1.45 bits per heavy atom. The molecular weight excluding hydrogens is 516 g/mol. The molecule has 2 aromatic carbocycles. The lowest BCUT2D eigenvalue weighted by atomic mass is 10.2. The molecule has 0 radical (unpaired) electrons. The highest BCUT2D eigenvalue weighted by Crippen LogP contribution is 2.21. The van der Waals surface area contributed by atoms with E-state index in [2.05, 4.69) is 73.9 Å². The largest absolute Gasteiger partial charge is 0.158 e. The third-order valence-electron chi connectivity index (χ3n) is 2.38. The maximum atomic E-state index is 4.07. The van der Waals surface area contributed by atoms with Gasteiger partial charge in [0.25, 0.3) is 0 Å². The van der Waals surface area contributed by atoms with Gasteiger partial charge in [-0.1, -0.05) is 63.7 Å². The SMILES string of the molecule is Brc1ccc(Br)c(C=NN=Cc2cc(Br)ccc2Br)c1. The first-order chi connectivity index (χ1) is 9.56. The van der Waals surface area contributed by atoms with Crippen LogP contribution in [0.5, 0.6) is 0 Å². The van der Waals surface area contributed by atoms with Gasteiger partial charge in [0, 0.05) is 29.0 Å². The van der Waals surface area contributed by atoms with E-state index in [0.29, 0.717) is 0 Å². The number of hydrogen-bond acceptors (Lipinski definition) is 2. The van der Waals surface area contributed by atoms with E-state index in [4.69, 9.17) is 0 Å². The number of benzene rings is 2. The van der Waals surface area contributed by atoms with E-state index in [-0.39, 0.29) is 0 Å². The van der Waals surface area contributed by atoms with Crippen LogP contribution in [0.1, 0.15) is 11.1 Å². The van der Waals surface area contributed by atoms with Crippen molar-refractivity contribution in [3.8, 4) is 0 Å². The third kappa shape index (κ3) is 4.62. The standard InChI is InChI=1S/C14H8Br4N2/c15-11-1-3-13(17)9(5-11)7-19-20-8-10-6-12(16)2-4-14(10)18/h1-8H. The minimum absolute atomic E-state index is 0.963. The lowest BCUT2D eigenvalue weighted by Gasteiger charge is -1.98. The molecule has 0 N–H and O–H groups in total. The molecule has 0 aliphatic rings. The van der Waals surface area contributed by atoms with Crippen molar-refractivity contribution in [1.29, 1.82) is 0 Å². The fraction of sp³-hybridized carbons (Fsp3) is 0. The first-order valence-electron chi connectivity index (χ1n) is 5.53. The van der Waals surface area contributed by atoms with E-state index >= 15 is 0 Å². The fourth-order valence-corrected chi connectivity index (χ4v) is 2.87. The second-order valence-corrected chi connectivity index (χ2v) is 7.36. The van der Waals surface area contributed by atoms with Crippen molar-refractivity contribution in [2.24, 2.45) is 10.2 Å². The molecule has 0 fully saturated rings. The van der Waals surface area contributed by atoms with Crippen LogP contribution in [0.15, 0.2) is 64.5 Å². The lowest BCUT2D eigenvalue weighted by Crippen LogP contribution is -1.85. The monoisotopic (exact) mass is 520 g/mol. The maximum Gasteiger partial charge on any atom is 0.0579 e. The molecule has 2 rings (SSSR count). The zero-order valence-electron chi connectivity index (χ0n) is 10.0. The van der Waals surface area contributed by atoms with Crippen LogP contribution in [-0.4, -0.2) is 12.4 Å². The van der Waals surface area contributed by atoms with Gasteiger partial charge in [-0.25, -0.2) is 0 Å². The average Bonchev–Trinajstić information content (AvgIpc) is 2.42. The smallest absolute Gasteiger partial charge is 0.0579 e. The molecule has 0 heterocycles. The topological polar surface area (TPSA) is 24.7 Å². The molecule has 20 heavy (non-hydrogen) atoms. The predicted octanol–water partition coefficient (Wildman–Crippen LogP) is 6.19. The van der Waals surface area contributed by atoms with E-state index in [1.807, 2.05) is 36.4 Å². The molecule has 0 spiro atoms. The number of rotatable bonds is 3. The highest BCUT2D eigenvalue weighted by molar-refractivity contribution is 9.11. The van der Waals surface area contributed by atoms with Crippen molar-refractivity contribution >= 4 is 76.1 Å². The summed E-state index contributed by atoms with van der Waals surface area (Å²) in [4.78, 5) is 0. The number of nitrogens with zero attached hydrogens (tertiary/aromatic N) is 2. The number of hydrogen-bond donors (Lipinski definition) is 0. The quantitative estimate of drug-likeness (QED) is 0.339. The summed E-state index contributed by atoms with van der Waals surface area (Å²) in [6.07, 6.45) is 3.41. The van der Waals surface area contributed by atoms with Gasteiger partial charge in [0.1, 0.15) is 0 Å². The van der Waals surface area contributed by atoms with Crippen molar-refractivity contribution in [2.75, 3.05) is 0 Å². The van der Waals surface area contributed by atoms with Crippen LogP contribution < -0.4 is 0 Å². The van der Waals surface area contributed by atoms with Crippen LogP contribution in [0.3, 0.4) is 0 Å². The summed E-state index contributed by atoms with van der Waals surface area (Å²) in [7, 11) is 0. The van der Waals surface area contributed by atoms with E-state index in [1.165, 1.54) is 0 Å². The van der Waals surface area contributed by atoms with Gasteiger partial charge in [-0.2, -0.15) is 10.2 Å². The van der Waals surface area contributed by atoms with Crippen molar-refractivity contribution in [3.63, 3.8) is 0 Å². The zero-order valence-corrected chi connectivity index (χ0v) is 16.4. The lowest BCUT2D eigenvalue weighted by molar-refractivity contribution is 1.26. The molecule has 0 aromatic heterocycles. The van der Waals surface area contributed by atoms with Gasteiger partial charge in [-0.15, -0.1) is 0 Å². The summed E-state index contributed by atoms with van der Waals surface area (Å²) in [6, 6.07) is 11.8. The van der Waals surface area contributed by atoms with Crippen molar-refractivity contribution in [1.82, 2.24) is 0 Å². The van der Waals surface area contributed by atoms with Crippen LogP contribution >= 0.6 is 63.7 Å². The summed E-state index contributed by atoms with van der Waals surface area (Å²) in [5, 5.41) is 8.13. The Balaban J connectivity index is 2.15. The molecule has 0 unspecified atom stereocenters. The van der Waals surface area contributed by atoms with Crippen LogP contribution in [-0.2, 0) is 0 Å². The Morgan fingerprint density at radius 1 is 0.650 bits per heavy atom. The molecule has 0 atom stereocenters. The third-order valence-corrected chi connectivity index (χ3v) is 4.81. The highest BCUT2D eigenvalue weighted by atomic mass is 79.9. The molecule has 2 nitrogen and oxygen atoms in total. The Kier molecular flexibility index (Phi) is 6.14. The molecule has 0 aliphatic carbocycles. The first-order valence-corrected chi connectivity index (χ1v) is 8.70. The Hall–Kier alpha value is -0.300. The van der Waals surface area contributed by atoms with Crippen LogP contribution in [0.2, 0.25) is 0 Å². The number of halogens is 4. The molecule has 6 heteroatoms. The second kappa shape index (κ2) is 7.64.